The lowest BCUT2D eigenvalue weighted by Crippen LogP contribution is -2.33. The van der Waals surface area contributed by atoms with E-state index < -0.39 is 0 Å². The Hall–Kier alpha value is -2.04. The first kappa shape index (κ1) is 17.3. The topological polar surface area (TPSA) is 58.2 Å². The Labute approximate surface area is 144 Å². The number of rotatable bonds is 5. The zero-order valence-corrected chi connectivity index (χ0v) is 14.0. The van der Waals surface area contributed by atoms with Gasteiger partial charge in [-0.25, -0.2) is 0 Å². The van der Waals surface area contributed by atoms with Gasteiger partial charge >= 0.3 is 0 Å². The molecule has 0 spiro atoms. The summed E-state index contributed by atoms with van der Waals surface area (Å²) in [7, 11) is 0. The fraction of sp³-hybridized carbons (Fsp3) is 0.176. The number of hydrogen-bond acceptors (Lipinski definition) is 2. The fourth-order valence-corrected chi connectivity index (χ4v) is 2.61. The third-order valence-corrected chi connectivity index (χ3v) is 3.48. The summed E-state index contributed by atoms with van der Waals surface area (Å²) in [6.07, 6.45) is 0.234. The Morgan fingerprint density at radius 2 is 1.70 bits per heavy atom. The number of carbonyl (C=O) groups excluding carboxylic acids is 2. The summed E-state index contributed by atoms with van der Waals surface area (Å²) >= 11 is 11.7. The van der Waals surface area contributed by atoms with Crippen molar-refractivity contribution in [2.45, 2.75) is 13.3 Å². The van der Waals surface area contributed by atoms with Crippen LogP contribution in [0.4, 0.5) is 5.69 Å². The predicted octanol–water partition coefficient (Wildman–Crippen LogP) is 3.60. The predicted molar refractivity (Wildman–Crippen MR) is 93.0 cm³/mol. The molecule has 0 atom stereocenters. The maximum absolute atomic E-state index is 11.9. The highest BCUT2D eigenvalue weighted by Crippen LogP contribution is 2.22. The summed E-state index contributed by atoms with van der Waals surface area (Å²) in [5.41, 5.74) is 2.48. The summed E-state index contributed by atoms with van der Waals surface area (Å²) in [6, 6.07) is 12.4. The number of hydrogen-bond donors (Lipinski definition) is 2. The molecule has 2 rings (SSSR count). The maximum atomic E-state index is 11.9. The lowest BCUT2D eigenvalue weighted by atomic mass is 10.1. The number of amides is 2. The molecule has 0 aromatic heterocycles. The van der Waals surface area contributed by atoms with Crippen LogP contribution in [0.25, 0.3) is 0 Å². The Kier molecular flexibility index (Phi) is 6.02. The minimum absolute atomic E-state index is 0.116. The van der Waals surface area contributed by atoms with Gasteiger partial charge in [-0.05, 0) is 30.7 Å². The molecular formula is C17H16Cl2N2O2. The second-order valence-corrected chi connectivity index (χ2v) is 6.02. The summed E-state index contributed by atoms with van der Waals surface area (Å²) in [6.45, 7) is 1.85. The molecule has 0 aliphatic carbocycles. The van der Waals surface area contributed by atoms with Crippen LogP contribution >= 0.6 is 23.2 Å². The van der Waals surface area contributed by atoms with Crippen molar-refractivity contribution in [1.82, 2.24) is 5.32 Å². The van der Waals surface area contributed by atoms with Crippen molar-refractivity contribution in [2.24, 2.45) is 0 Å². The van der Waals surface area contributed by atoms with Crippen LogP contribution in [-0.2, 0) is 16.0 Å². The van der Waals surface area contributed by atoms with Gasteiger partial charge in [0.05, 0.1) is 13.0 Å². The number of aryl methyl sites for hydroxylation is 1. The van der Waals surface area contributed by atoms with Gasteiger partial charge in [-0.1, -0.05) is 53.0 Å². The Bertz CT molecular complexity index is 712. The van der Waals surface area contributed by atoms with E-state index in [1.54, 1.807) is 18.2 Å². The second kappa shape index (κ2) is 7.99. The van der Waals surface area contributed by atoms with Gasteiger partial charge in [-0.2, -0.15) is 0 Å². The van der Waals surface area contributed by atoms with Gasteiger partial charge in [-0.3, -0.25) is 9.59 Å². The van der Waals surface area contributed by atoms with Crippen molar-refractivity contribution in [3.63, 3.8) is 0 Å². The van der Waals surface area contributed by atoms with Gasteiger partial charge in [0.1, 0.15) is 0 Å². The van der Waals surface area contributed by atoms with Crippen LogP contribution in [0.5, 0.6) is 0 Å². The van der Waals surface area contributed by atoms with Gasteiger partial charge < -0.3 is 10.6 Å². The number of halogens is 2. The first-order valence-corrected chi connectivity index (χ1v) is 7.76. The molecule has 0 aliphatic rings. The molecule has 0 saturated carbocycles. The van der Waals surface area contributed by atoms with Gasteiger partial charge in [-0.15, -0.1) is 0 Å². The lowest BCUT2D eigenvalue weighted by molar-refractivity contribution is -0.123. The molecule has 6 heteroatoms. The molecule has 0 saturated heterocycles. The summed E-state index contributed by atoms with van der Waals surface area (Å²) in [4.78, 5) is 23.7. The van der Waals surface area contributed by atoms with Crippen LogP contribution in [0.2, 0.25) is 10.0 Å². The third kappa shape index (κ3) is 5.93. The van der Waals surface area contributed by atoms with Crippen LogP contribution in [0.15, 0.2) is 42.5 Å². The highest BCUT2D eigenvalue weighted by Gasteiger charge is 2.08. The van der Waals surface area contributed by atoms with E-state index >= 15 is 0 Å². The minimum atomic E-state index is -0.346. The molecule has 120 valence electrons. The maximum Gasteiger partial charge on any atom is 0.243 e. The summed E-state index contributed by atoms with van der Waals surface area (Å²) in [5.74, 6) is -0.559. The Morgan fingerprint density at radius 3 is 2.35 bits per heavy atom. The van der Waals surface area contributed by atoms with E-state index in [2.05, 4.69) is 10.6 Å². The minimum Gasteiger partial charge on any atom is -0.347 e. The van der Waals surface area contributed by atoms with Crippen LogP contribution in [0.3, 0.4) is 0 Å². The van der Waals surface area contributed by atoms with E-state index in [0.717, 1.165) is 11.1 Å². The molecule has 2 aromatic rings. The van der Waals surface area contributed by atoms with Gasteiger partial charge in [0.25, 0.3) is 0 Å². The van der Waals surface area contributed by atoms with E-state index in [0.29, 0.717) is 15.7 Å². The number of carbonyl (C=O) groups is 2. The number of benzene rings is 2. The molecule has 2 amide bonds. The Morgan fingerprint density at radius 1 is 1.00 bits per heavy atom. The van der Waals surface area contributed by atoms with Crippen LogP contribution in [0.1, 0.15) is 11.1 Å². The highest BCUT2D eigenvalue weighted by atomic mass is 35.5. The molecule has 2 N–H and O–H groups in total. The normalized spacial score (nSPS) is 10.2. The molecule has 23 heavy (non-hydrogen) atoms. The lowest BCUT2D eigenvalue weighted by Gasteiger charge is -2.08. The van der Waals surface area contributed by atoms with Gasteiger partial charge in [0, 0.05) is 15.7 Å². The molecule has 0 heterocycles. The highest BCUT2D eigenvalue weighted by molar-refractivity contribution is 6.35. The first-order chi connectivity index (χ1) is 10.9. The van der Waals surface area contributed by atoms with E-state index in [1.165, 1.54) is 0 Å². The Balaban J connectivity index is 1.83. The van der Waals surface area contributed by atoms with Crippen LogP contribution in [0, 0.1) is 6.92 Å². The van der Waals surface area contributed by atoms with Crippen molar-refractivity contribution >= 4 is 40.7 Å². The van der Waals surface area contributed by atoms with Crippen molar-refractivity contribution in [1.29, 1.82) is 0 Å². The van der Waals surface area contributed by atoms with E-state index in [-0.39, 0.29) is 24.8 Å². The zero-order chi connectivity index (χ0) is 16.8. The monoisotopic (exact) mass is 350 g/mol. The van der Waals surface area contributed by atoms with E-state index in [4.69, 9.17) is 23.2 Å². The molecule has 0 fully saturated rings. The zero-order valence-electron chi connectivity index (χ0n) is 12.5. The average molecular weight is 351 g/mol. The summed E-state index contributed by atoms with van der Waals surface area (Å²) in [5, 5.41) is 6.07. The van der Waals surface area contributed by atoms with E-state index in [9.17, 15) is 9.59 Å². The largest absolute Gasteiger partial charge is 0.347 e. The second-order valence-electron chi connectivity index (χ2n) is 5.15. The standard InChI is InChI=1S/C17H16Cl2N2O2/c1-11-3-2-4-12(5-11)6-16(22)20-10-17(23)21-15-8-13(18)7-14(19)9-15/h2-5,7-9H,6,10H2,1H3,(H,20,22)(H,21,23). The van der Waals surface area contributed by atoms with Crippen LogP contribution in [-0.4, -0.2) is 18.4 Å². The fourth-order valence-electron chi connectivity index (χ4n) is 2.08. The van der Waals surface area contributed by atoms with Crippen molar-refractivity contribution in [2.75, 3.05) is 11.9 Å². The molecule has 0 aliphatic heterocycles. The molecule has 4 nitrogen and oxygen atoms in total. The van der Waals surface area contributed by atoms with Crippen LogP contribution < -0.4 is 10.6 Å². The van der Waals surface area contributed by atoms with Crippen molar-refractivity contribution in [3.8, 4) is 0 Å². The third-order valence-electron chi connectivity index (χ3n) is 3.04. The van der Waals surface area contributed by atoms with Crippen molar-refractivity contribution < 1.29 is 9.59 Å². The molecule has 0 unspecified atom stereocenters. The SMILES string of the molecule is Cc1cccc(CC(=O)NCC(=O)Nc2cc(Cl)cc(Cl)c2)c1. The average Bonchev–Trinajstić information content (AvgIpc) is 2.44. The molecule has 0 bridgehead atoms. The molecular weight excluding hydrogens is 335 g/mol. The van der Waals surface area contributed by atoms with Gasteiger partial charge in [0.2, 0.25) is 11.8 Å². The molecule has 0 radical (unpaired) electrons. The van der Waals surface area contributed by atoms with Crippen molar-refractivity contribution in [3.05, 3.63) is 63.6 Å². The quantitative estimate of drug-likeness (QED) is 0.865. The molecule has 2 aromatic carbocycles. The number of nitrogens with one attached hydrogen (secondary N) is 2. The smallest absolute Gasteiger partial charge is 0.243 e. The first-order valence-electron chi connectivity index (χ1n) is 7.00. The number of anilines is 1. The van der Waals surface area contributed by atoms with Gasteiger partial charge in [0.15, 0.2) is 0 Å². The summed E-state index contributed by atoms with van der Waals surface area (Å²) < 4.78 is 0. The van der Waals surface area contributed by atoms with E-state index in [1.807, 2.05) is 31.2 Å².